The van der Waals surface area contributed by atoms with Gasteiger partial charge < -0.3 is 0 Å². The molecule has 0 aliphatic carbocycles. The van der Waals surface area contributed by atoms with Gasteiger partial charge in [0.05, 0.1) is 9.82 Å². The van der Waals surface area contributed by atoms with E-state index in [1.54, 1.807) is 18.2 Å². The van der Waals surface area contributed by atoms with Crippen LogP contribution in [0.3, 0.4) is 0 Å². The summed E-state index contributed by atoms with van der Waals surface area (Å²) in [4.78, 5) is 22.0. The van der Waals surface area contributed by atoms with Gasteiger partial charge in [0, 0.05) is 17.7 Å². The highest BCUT2D eigenvalue weighted by atomic mass is 32.2. The van der Waals surface area contributed by atoms with Gasteiger partial charge in [-0.3, -0.25) is 14.9 Å². The van der Waals surface area contributed by atoms with Crippen LogP contribution in [0.4, 0.5) is 5.69 Å². The van der Waals surface area contributed by atoms with Crippen molar-refractivity contribution in [1.29, 1.82) is 0 Å². The van der Waals surface area contributed by atoms with Gasteiger partial charge in [-0.25, -0.2) is 8.42 Å². The molecule has 0 aliphatic rings. The maximum atomic E-state index is 12.1. The SMILES string of the molecule is O=C(CS(=O)(=O)c1ccccc1)c1ccc([N+](=O)[O-])cc1. The predicted molar refractivity (Wildman–Crippen MR) is 75.9 cm³/mol. The highest BCUT2D eigenvalue weighted by Gasteiger charge is 2.20. The lowest BCUT2D eigenvalue weighted by molar-refractivity contribution is -0.384. The number of benzene rings is 2. The lowest BCUT2D eigenvalue weighted by Gasteiger charge is -2.04. The number of ketones is 1. The van der Waals surface area contributed by atoms with E-state index in [4.69, 9.17) is 0 Å². The Balaban J connectivity index is 2.20. The Morgan fingerprint density at radius 1 is 1.00 bits per heavy atom. The van der Waals surface area contributed by atoms with Crippen LogP contribution >= 0.6 is 0 Å². The van der Waals surface area contributed by atoms with Crippen LogP contribution < -0.4 is 0 Å². The molecule has 2 aromatic carbocycles. The maximum Gasteiger partial charge on any atom is 0.269 e. The lowest BCUT2D eigenvalue weighted by Crippen LogP contribution is -2.16. The van der Waals surface area contributed by atoms with Crippen LogP contribution in [0.25, 0.3) is 0 Å². The number of rotatable bonds is 5. The summed E-state index contributed by atoms with van der Waals surface area (Å²) in [6.45, 7) is 0. The molecule has 7 heteroatoms. The predicted octanol–water partition coefficient (Wildman–Crippen LogP) is 2.25. The summed E-state index contributed by atoms with van der Waals surface area (Å²) in [5.41, 5.74) is -0.0300. The highest BCUT2D eigenvalue weighted by Crippen LogP contribution is 2.15. The fourth-order valence-electron chi connectivity index (χ4n) is 1.74. The first kappa shape index (κ1) is 14.9. The highest BCUT2D eigenvalue weighted by molar-refractivity contribution is 7.92. The summed E-state index contributed by atoms with van der Waals surface area (Å²) in [5, 5.41) is 10.5. The van der Waals surface area contributed by atoms with Crippen LogP contribution in [0, 0.1) is 10.1 Å². The van der Waals surface area contributed by atoms with E-state index >= 15 is 0 Å². The van der Waals surface area contributed by atoms with Crippen molar-refractivity contribution in [3.05, 3.63) is 70.3 Å². The Kier molecular flexibility index (Phi) is 4.13. The van der Waals surface area contributed by atoms with E-state index in [0.29, 0.717) is 0 Å². The van der Waals surface area contributed by atoms with Crippen molar-refractivity contribution in [2.24, 2.45) is 0 Å². The van der Waals surface area contributed by atoms with Crippen molar-refractivity contribution >= 4 is 21.3 Å². The van der Waals surface area contributed by atoms with E-state index in [1.165, 1.54) is 36.4 Å². The van der Waals surface area contributed by atoms with Crippen LogP contribution in [0.5, 0.6) is 0 Å². The fourth-order valence-corrected chi connectivity index (χ4v) is 2.99. The maximum absolute atomic E-state index is 12.1. The first-order valence-corrected chi connectivity index (χ1v) is 7.61. The first-order valence-electron chi connectivity index (χ1n) is 5.95. The van der Waals surface area contributed by atoms with E-state index in [-0.39, 0.29) is 16.1 Å². The zero-order valence-electron chi connectivity index (χ0n) is 10.8. The zero-order valence-corrected chi connectivity index (χ0v) is 11.6. The molecule has 0 heterocycles. The minimum Gasteiger partial charge on any atom is -0.293 e. The molecular formula is C14H11NO5S. The second kappa shape index (κ2) is 5.84. The third-order valence-corrected chi connectivity index (χ3v) is 4.46. The molecule has 0 bridgehead atoms. The van der Waals surface area contributed by atoms with E-state index in [0.717, 1.165) is 0 Å². The van der Waals surface area contributed by atoms with Crippen molar-refractivity contribution in [3.8, 4) is 0 Å². The smallest absolute Gasteiger partial charge is 0.269 e. The van der Waals surface area contributed by atoms with E-state index in [2.05, 4.69) is 0 Å². The number of nitro benzene ring substituents is 1. The monoisotopic (exact) mass is 305 g/mol. The van der Waals surface area contributed by atoms with E-state index < -0.39 is 26.3 Å². The number of carbonyl (C=O) groups is 1. The molecule has 0 fully saturated rings. The Bertz CT molecular complexity index is 767. The van der Waals surface area contributed by atoms with Gasteiger partial charge in [-0.05, 0) is 24.3 Å². The lowest BCUT2D eigenvalue weighted by atomic mass is 10.1. The second-order valence-electron chi connectivity index (χ2n) is 4.30. The summed E-state index contributed by atoms with van der Waals surface area (Å²) in [5.74, 6) is -1.27. The van der Waals surface area contributed by atoms with Gasteiger partial charge in [0.15, 0.2) is 15.6 Å². The van der Waals surface area contributed by atoms with Crippen LogP contribution in [0.1, 0.15) is 10.4 Å². The Labute approximate surface area is 121 Å². The number of non-ortho nitro benzene ring substituents is 1. The van der Waals surface area contributed by atoms with Gasteiger partial charge in [0.25, 0.3) is 5.69 Å². The molecule has 0 saturated carbocycles. The van der Waals surface area contributed by atoms with Gasteiger partial charge in [-0.15, -0.1) is 0 Å². The van der Waals surface area contributed by atoms with Crippen LogP contribution in [0.2, 0.25) is 0 Å². The standard InChI is InChI=1S/C14H11NO5S/c16-14(11-6-8-12(9-7-11)15(17)18)10-21(19,20)13-4-2-1-3-5-13/h1-9H,10H2. The molecule has 0 saturated heterocycles. The molecule has 2 aromatic rings. The van der Waals surface area contributed by atoms with E-state index in [1.807, 2.05) is 0 Å². The minimum absolute atomic E-state index is 0.0697. The molecule has 0 unspecified atom stereocenters. The van der Waals surface area contributed by atoms with Crippen LogP contribution in [-0.2, 0) is 9.84 Å². The number of Topliss-reactive ketones (excluding diaryl/α,β-unsaturated/α-hetero) is 1. The fraction of sp³-hybridized carbons (Fsp3) is 0.0714. The zero-order chi connectivity index (χ0) is 15.5. The van der Waals surface area contributed by atoms with Gasteiger partial charge in [0.1, 0.15) is 5.75 Å². The second-order valence-corrected chi connectivity index (χ2v) is 6.29. The average molecular weight is 305 g/mol. The molecule has 2 rings (SSSR count). The largest absolute Gasteiger partial charge is 0.293 e. The Morgan fingerprint density at radius 2 is 1.57 bits per heavy atom. The Hall–Kier alpha value is -2.54. The number of hydrogen-bond donors (Lipinski definition) is 0. The minimum atomic E-state index is -3.72. The first-order chi connectivity index (χ1) is 9.90. The number of nitro groups is 1. The molecule has 0 radical (unpaired) electrons. The average Bonchev–Trinajstić information content (AvgIpc) is 2.48. The molecule has 21 heavy (non-hydrogen) atoms. The van der Waals surface area contributed by atoms with Crippen molar-refractivity contribution in [2.75, 3.05) is 5.75 Å². The summed E-state index contributed by atoms with van der Waals surface area (Å²) in [6.07, 6.45) is 0. The van der Waals surface area contributed by atoms with Crippen LogP contribution in [0.15, 0.2) is 59.5 Å². The topological polar surface area (TPSA) is 94.3 Å². The summed E-state index contributed by atoms with van der Waals surface area (Å²) in [7, 11) is -3.72. The number of hydrogen-bond acceptors (Lipinski definition) is 5. The Morgan fingerprint density at radius 3 is 2.10 bits per heavy atom. The van der Waals surface area contributed by atoms with Gasteiger partial charge in [-0.2, -0.15) is 0 Å². The molecule has 108 valence electrons. The third kappa shape index (κ3) is 3.51. The molecule has 0 atom stereocenters. The molecular weight excluding hydrogens is 294 g/mol. The molecule has 6 nitrogen and oxygen atoms in total. The van der Waals surface area contributed by atoms with Crippen molar-refractivity contribution < 1.29 is 18.1 Å². The van der Waals surface area contributed by atoms with Gasteiger partial charge >= 0.3 is 0 Å². The van der Waals surface area contributed by atoms with Gasteiger partial charge in [0.2, 0.25) is 0 Å². The number of carbonyl (C=O) groups excluding carboxylic acids is 1. The summed E-state index contributed by atoms with van der Waals surface area (Å²) < 4.78 is 24.1. The number of nitrogens with zero attached hydrogens (tertiary/aromatic N) is 1. The van der Waals surface area contributed by atoms with Crippen molar-refractivity contribution in [3.63, 3.8) is 0 Å². The number of sulfone groups is 1. The van der Waals surface area contributed by atoms with Crippen LogP contribution in [-0.4, -0.2) is 24.9 Å². The van der Waals surface area contributed by atoms with Crippen molar-refractivity contribution in [2.45, 2.75) is 4.90 Å². The summed E-state index contributed by atoms with van der Waals surface area (Å²) >= 11 is 0. The molecule has 0 spiro atoms. The van der Waals surface area contributed by atoms with Crippen molar-refractivity contribution in [1.82, 2.24) is 0 Å². The van der Waals surface area contributed by atoms with E-state index in [9.17, 15) is 23.3 Å². The third-order valence-electron chi connectivity index (χ3n) is 2.82. The molecule has 0 amide bonds. The normalized spacial score (nSPS) is 11.0. The molecule has 0 aliphatic heterocycles. The molecule has 0 aromatic heterocycles. The quantitative estimate of drug-likeness (QED) is 0.479. The molecule has 0 N–H and O–H groups in total. The summed E-state index contributed by atoms with van der Waals surface area (Å²) in [6, 6.07) is 12.5. The van der Waals surface area contributed by atoms with Gasteiger partial charge in [-0.1, -0.05) is 18.2 Å².